The summed E-state index contributed by atoms with van der Waals surface area (Å²) in [5, 5.41) is 47.0. The number of ether oxygens (including phenoxy) is 6. The lowest BCUT2D eigenvalue weighted by Crippen LogP contribution is -2.35. The fourth-order valence-electron chi connectivity index (χ4n) is 5.21. The molecule has 12 nitrogen and oxygen atoms in total. The van der Waals surface area contributed by atoms with Crippen LogP contribution in [0.4, 0.5) is 0 Å². The highest BCUT2D eigenvalue weighted by Gasteiger charge is 2.38. The largest absolute Gasteiger partial charge is 0.493 e. The Bertz CT molecular complexity index is 1520. The number of carbonyl (C=O) groups is 1. The molecule has 280 valence electrons. The van der Waals surface area contributed by atoms with Crippen molar-refractivity contribution in [3.63, 3.8) is 0 Å². The van der Waals surface area contributed by atoms with Crippen molar-refractivity contribution in [2.24, 2.45) is 0 Å². The summed E-state index contributed by atoms with van der Waals surface area (Å²) in [6, 6.07) is 26.2. The summed E-state index contributed by atoms with van der Waals surface area (Å²) in [7, 11) is 0. The van der Waals surface area contributed by atoms with Gasteiger partial charge in [-0.3, -0.25) is 0 Å². The Labute approximate surface area is 303 Å². The molecule has 0 bridgehead atoms. The van der Waals surface area contributed by atoms with Crippen LogP contribution in [0.5, 0.6) is 23.0 Å². The third-order valence-corrected chi connectivity index (χ3v) is 7.69. The van der Waals surface area contributed by atoms with Gasteiger partial charge in [0.15, 0.2) is 0 Å². The van der Waals surface area contributed by atoms with Crippen LogP contribution < -0.4 is 18.9 Å². The van der Waals surface area contributed by atoms with Crippen molar-refractivity contribution in [2.45, 2.75) is 44.7 Å². The Morgan fingerprint density at radius 3 is 1.29 bits per heavy atom. The van der Waals surface area contributed by atoms with E-state index in [9.17, 15) is 30.3 Å². The Morgan fingerprint density at radius 2 is 0.904 bits per heavy atom. The van der Waals surface area contributed by atoms with Crippen LogP contribution in [0.3, 0.4) is 0 Å². The molecule has 0 heterocycles. The Hall–Kier alpha value is -4.69. The molecule has 0 spiro atoms. The van der Waals surface area contributed by atoms with Crippen LogP contribution in [-0.2, 0) is 28.5 Å². The second-order valence-corrected chi connectivity index (χ2v) is 11.8. The first-order valence-corrected chi connectivity index (χ1v) is 17.3. The lowest BCUT2D eigenvalue weighted by Gasteiger charge is -2.35. The molecule has 0 amide bonds. The lowest BCUT2D eigenvalue weighted by atomic mass is 9.95. The van der Waals surface area contributed by atoms with Gasteiger partial charge in [0.2, 0.25) is 5.79 Å². The van der Waals surface area contributed by atoms with E-state index in [4.69, 9.17) is 28.4 Å². The van der Waals surface area contributed by atoms with Gasteiger partial charge in [-0.1, -0.05) is 42.5 Å². The molecule has 0 fully saturated rings. The minimum atomic E-state index is -1.63. The summed E-state index contributed by atoms with van der Waals surface area (Å²) in [5.41, 5.74) is 2.41. The van der Waals surface area contributed by atoms with E-state index < -0.39 is 11.8 Å². The summed E-state index contributed by atoms with van der Waals surface area (Å²) in [4.78, 5) is 12.2. The topological polar surface area (TPSA) is 174 Å². The molecule has 0 unspecified atom stereocenters. The molecular formula is C40H48O12. The van der Waals surface area contributed by atoms with Gasteiger partial charge < -0.3 is 54.0 Å². The molecule has 0 aliphatic heterocycles. The fourth-order valence-corrected chi connectivity index (χ4v) is 5.21. The summed E-state index contributed by atoms with van der Waals surface area (Å²) in [5.74, 6) is -0.750. The molecule has 0 aromatic heterocycles. The van der Waals surface area contributed by atoms with E-state index in [-0.39, 0.29) is 71.6 Å². The van der Waals surface area contributed by atoms with Gasteiger partial charge in [0.25, 0.3) is 0 Å². The van der Waals surface area contributed by atoms with E-state index >= 15 is 0 Å². The quantitative estimate of drug-likeness (QED) is 0.0456. The van der Waals surface area contributed by atoms with Crippen molar-refractivity contribution in [2.75, 3.05) is 52.9 Å². The maximum Gasteiger partial charge on any atom is 0.335 e. The summed E-state index contributed by atoms with van der Waals surface area (Å²) >= 11 is 0. The van der Waals surface area contributed by atoms with Crippen LogP contribution in [0.1, 0.15) is 58.3 Å². The van der Waals surface area contributed by atoms with E-state index in [2.05, 4.69) is 0 Å². The van der Waals surface area contributed by atoms with Gasteiger partial charge in [0.05, 0.1) is 45.2 Å². The molecule has 0 radical (unpaired) electrons. The number of carboxylic acids is 1. The highest BCUT2D eigenvalue weighted by molar-refractivity contribution is 5.87. The Morgan fingerprint density at radius 1 is 0.500 bits per heavy atom. The lowest BCUT2D eigenvalue weighted by molar-refractivity contribution is -0.231. The summed E-state index contributed by atoms with van der Waals surface area (Å²) < 4.78 is 37.1. The molecule has 0 saturated carbocycles. The molecule has 0 atom stereocenters. The van der Waals surface area contributed by atoms with Crippen molar-refractivity contribution in [1.29, 1.82) is 0 Å². The number of benzene rings is 4. The first-order chi connectivity index (χ1) is 25.4. The van der Waals surface area contributed by atoms with Crippen molar-refractivity contribution in [3.05, 3.63) is 119 Å². The maximum atomic E-state index is 12.2. The Kier molecular flexibility index (Phi) is 16.7. The molecule has 12 heteroatoms. The van der Waals surface area contributed by atoms with Crippen LogP contribution in [0.15, 0.2) is 91.0 Å². The van der Waals surface area contributed by atoms with Gasteiger partial charge in [-0.2, -0.15) is 0 Å². The number of hydrogen-bond donors (Lipinski definition) is 5. The normalized spacial score (nSPS) is 11.3. The van der Waals surface area contributed by atoms with Crippen LogP contribution in [-0.4, -0.2) is 84.4 Å². The second-order valence-electron chi connectivity index (χ2n) is 11.8. The van der Waals surface area contributed by atoms with Crippen LogP contribution in [0, 0.1) is 0 Å². The van der Waals surface area contributed by atoms with Gasteiger partial charge in [0, 0.05) is 75.4 Å². The van der Waals surface area contributed by atoms with E-state index in [0.29, 0.717) is 70.9 Å². The maximum absolute atomic E-state index is 12.2. The number of aliphatic hydroxyl groups excluding tert-OH is 4. The first kappa shape index (κ1) is 40.1. The van der Waals surface area contributed by atoms with E-state index in [1.807, 2.05) is 30.3 Å². The number of aromatic carboxylic acids is 1. The zero-order valence-electron chi connectivity index (χ0n) is 29.2. The van der Waals surface area contributed by atoms with Crippen LogP contribution in [0.2, 0.25) is 0 Å². The van der Waals surface area contributed by atoms with E-state index in [1.54, 1.807) is 48.5 Å². The molecule has 5 N–H and O–H groups in total. The number of rotatable bonds is 25. The number of aliphatic hydroxyl groups is 4. The predicted molar refractivity (Wildman–Crippen MR) is 192 cm³/mol. The standard InChI is InChI=1S/C40H48O12/c41-13-5-17-47-35-21-30(22-36(26-35)48-18-6-14-42)28-51-40(33-10-2-1-3-11-33,34-12-4-9-32(25-34)39(45)46)52-29-31-23-37(49-19-7-15-43)27-38(24-31)50-20-8-16-44/h1-4,9-12,21-27,41-44H,5-8,13-20,28-29H2,(H,45,46). The second kappa shape index (κ2) is 21.6. The molecule has 4 aromatic carbocycles. The zero-order chi connectivity index (χ0) is 37.0. The van der Waals surface area contributed by atoms with Crippen molar-refractivity contribution < 1.29 is 58.7 Å². The van der Waals surface area contributed by atoms with Crippen LogP contribution in [0.25, 0.3) is 0 Å². The van der Waals surface area contributed by atoms with Gasteiger partial charge in [0.1, 0.15) is 23.0 Å². The molecule has 52 heavy (non-hydrogen) atoms. The average Bonchev–Trinajstić information content (AvgIpc) is 3.16. The van der Waals surface area contributed by atoms with Crippen LogP contribution >= 0.6 is 0 Å². The minimum absolute atomic E-state index is 0.0248. The van der Waals surface area contributed by atoms with Crippen molar-refractivity contribution in [1.82, 2.24) is 0 Å². The van der Waals surface area contributed by atoms with E-state index in [0.717, 1.165) is 0 Å². The third-order valence-electron chi connectivity index (χ3n) is 7.69. The SMILES string of the molecule is O=C(O)c1cccc(C(OCc2cc(OCCCO)cc(OCCCO)c2)(OCc2cc(OCCCO)cc(OCCCO)c2)c2ccccc2)c1. The van der Waals surface area contributed by atoms with Gasteiger partial charge in [-0.25, -0.2) is 4.79 Å². The fraction of sp³-hybridized carbons (Fsp3) is 0.375. The van der Waals surface area contributed by atoms with Crippen molar-refractivity contribution in [3.8, 4) is 23.0 Å². The molecule has 0 aliphatic carbocycles. The van der Waals surface area contributed by atoms with E-state index in [1.165, 1.54) is 12.1 Å². The summed E-state index contributed by atoms with van der Waals surface area (Å²) in [6.45, 7) is 0.973. The third kappa shape index (κ3) is 12.2. The summed E-state index contributed by atoms with van der Waals surface area (Å²) in [6.07, 6.45) is 1.75. The highest BCUT2D eigenvalue weighted by Crippen LogP contribution is 2.39. The van der Waals surface area contributed by atoms with Gasteiger partial charge in [-0.15, -0.1) is 0 Å². The zero-order valence-corrected chi connectivity index (χ0v) is 29.2. The highest BCUT2D eigenvalue weighted by atomic mass is 16.7. The molecule has 0 aliphatic rings. The van der Waals surface area contributed by atoms with Gasteiger partial charge >= 0.3 is 5.97 Å². The monoisotopic (exact) mass is 720 g/mol. The molecular weight excluding hydrogens is 672 g/mol. The Balaban J connectivity index is 1.77. The van der Waals surface area contributed by atoms with Crippen molar-refractivity contribution >= 4 is 5.97 Å². The van der Waals surface area contributed by atoms with Gasteiger partial charge in [-0.05, 0) is 47.5 Å². The average molecular weight is 721 g/mol. The molecule has 4 rings (SSSR count). The smallest absolute Gasteiger partial charge is 0.335 e. The minimum Gasteiger partial charge on any atom is -0.493 e. The number of hydrogen-bond acceptors (Lipinski definition) is 11. The first-order valence-electron chi connectivity index (χ1n) is 17.3. The molecule has 4 aromatic rings. The molecule has 0 saturated heterocycles. The predicted octanol–water partition coefficient (Wildman–Crippen LogP) is 5.06. The number of carboxylic acid groups (broad SMARTS) is 1.